The third-order valence-electron chi connectivity index (χ3n) is 4.73. The van der Waals surface area contributed by atoms with Gasteiger partial charge in [-0.25, -0.2) is 9.67 Å². The predicted molar refractivity (Wildman–Crippen MR) is 126 cm³/mol. The highest BCUT2D eigenvalue weighted by Crippen LogP contribution is 2.28. The summed E-state index contributed by atoms with van der Waals surface area (Å²) in [4.78, 5) is 29.2. The van der Waals surface area contributed by atoms with Gasteiger partial charge in [-0.15, -0.1) is 11.3 Å². The van der Waals surface area contributed by atoms with Gasteiger partial charge >= 0.3 is 5.97 Å². The summed E-state index contributed by atoms with van der Waals surface area (Å²) in [6, 6.07) is 16.9. The van der Waals surface area contributed by atoms with Gasteiger partial charge in [0, 0.05) is 17.1 Å². The molecule has 168 valence electrons. The second-order valence-electron chi connectivity index (χ2n) is 6.98. The first-order chi connectivity index (χ1) is 16.1. The summed E-state index contributed by atoms with van der Waals surface area (Å²) in [5, 5.41) is 9.61. The number of amides is 1. The fourth-order valence-corrected chi connectivity index (χ4v) is 3.91. The average Bonchev–Trinajstić information content (AvgIpc) is 3.47. The van der Waals surface area contributed by atoms with Gasteiger partial charge in [-0.05, 0) is 31.2 Å². The van der Waals surface area contributed by atoms with E-state index in [1.54, 1.807) is 30.3 Å². The largest absolute Gasteiger partial charge is 0.497 e. The Morgan fingerprint density at radius 2 is 1.94 bits per heavy atom. The van der Waals surface area contributed by atoms with Crippen LogP contribution in [0.5, 0.6) is 5.75 Å². The van der Waals surface area contributed by atoms with Crippen LogP contribution in [-0.2, 0) is 16.0 Å². The number of anilines is 1. The maximum absolute atomic E-state index is 13.2. The quantitative estimate of drug-likeness (QED) is 0.391. The van der Waals surface area contributed by atoms with E-state index in [2.05, 4.69) is 15.4 Å². The van der Waals surface area contributed by atoms with Crippen LogP contribution in [0.1, 0.15) is 23.0 Å². The highest BCUT2D eigenvalue weighted by molar-refractivity contribution is 7.14. The number of carbonyl (C=O) groups is 2. The summed E-state index contributed by atoms with van der Waals surface area (Å²) in [6.07, 6.45) is 1.74. The van der Waals surface area contributed by atoms with Gasteiger partial charge in [0.05, 0.1) is 37.1 Å². The first kappa shape index (κ1) is 22.2. The SMILES string of the molecule is CCOC(=O)Cc1csc(NC(=O)c2cn(-c3ccccc3)nc2-c2cccc(OC)c2)n1. The number of carbonyl (C=O) groups excluding carboxylic acids is 2. The molecule has 0 saturated heterocycles. The lowest BCUT2D eigenvalue weighted by Gasteiger charge is -2.05. The molecule has 0 spiro atoms. The molecule has 0 atom stereocenters. The van der Waals surface area contributed by atoms with Crippen LogP contribution in [0.25, 0.3) is 16.9 Å². The number of aromatic nitrogens is 3. The number of hydrogen-bond donors (Lipinski definition) is 1. The van der Waals surface area contributed by atoms with Crippen molar-refractivity contribution in [3.63, 3.8) is 0 Å². The number of hydrogen-bond acceptors (Lipinski definition) is 7. The van der Waals surface area contributed by atoms with E-state index in [0.29, 0.717) is 34.4 Å². The topological polar surface area (TPSA) is 95.3 Å². The first-order valence-corrected chi connectivity index (χ1v) is 11.2. The van der Waals surface area contributed by atoms with Crippen molar-refractivity contribution in [3.8, 4) is 22.7 Å². The number of nitrogens with zero attached hydrogens (tertiary/aromatic N) is 3. The Morgan fingerprint density at radius 1 is 1.12 bits per heavy atom. The number of para-hydroxylation sites is 1. The lowest BCUT2D eigenvalue weighted by Crippen LogP contribution is -2.12. The lowest BCUT2D eigenvalue weighted by atomic mass is 10.1. The number of ether oxygens (including phenoxy) is 2. The number of rotatable bonds is 8. The molecule has 0 unspecified atom stereocenters. The van der Waals surface area contributed by atoms with Gasteiger partial charge in [-0.2, -0.15) is 5.10 Å². The molecule has 0 aliphatic heterocycles. The Balaban J connectivity index is 1.64. The third kappa shape index (κ3) is 5.27. The third-order valence-corrected chi connectivity index (χ3v) is 5.53. The van der Waals surface area contributed by atoms with Crippen molar-refractivity contribution < 1.29 is 19.1 Å². The fraction of sp³-hybridized carbons (Fsp3) is 0.167. The number of nitrogens with one attached hydrogen (secondary N) is 1. The maximum Gasteiger partial charge on any atom is 0.311 e. The molecule has 0 aliphatic rings. The van der Waals surface area contributed by atoms with Crippen molar-refractivity contribution in [2.24, 2.45) is 0 Å². The van der Waals surface area contributed by atoms with Crippen molar-refractivity contribution in [2.45, 2.75) is 13.3 Å². The Bertz CT molecular complexity index is 1270. The normalized spacial score (nSPS) is 10.6. The molecule has 4 rings (SSSR count). The standard InChI is InChI=1S/C24H22N4O4S/c1-3-32-21(29)13-17-15-33-24(25-17)26-23(30)20-14-28(18-9-5-4-6-10-18)27-22(20)16-8-7-11-19(12-16)31-2/h4-12,14-15H,3,13H2,1-2H3,(H,25,26,30). The molecule has 33 heavy (non-hydrogen) atoms. The molecule has 1 N–H and O–H groups in total. The van der Waals surface area contributed by atoms with E-state index in [4.69, 9.17) is 9.47 Å². The molecule has 8 nitrogen and oxygen atoms in total. The molecule has 0 aliphatic carbocycles. The molecule has 4 aromatic rings. The zero-order valence-electron chi connectivity index (χ0n) is 18.1. The second-order valence-corrected chi connectivity index (χ2v) is 7.84. The fourth-order valence-electron chi connectivity index (χ4n) is 3.21. The summed E-state index contributed by atoms with van der Waals surface area (Å²) in [6.45, 7) is 2.06. The number of methoxy groups -OCH3 is 1. The minimum Gasteiger partial charge on any atom is -0.497 e. The molecule has 1 amide bonds. The summed E-state index contributed by atoms with van der Waals surface area (Å²) in [7, 11) is 1.59. The molecular weight excluding hydrogens is 440 g/mol. The van der Waals surface area contributed by atoms with E-state index in [0.717, 1.165) is 11.3 Å². The van der Waals surface area contributed by atoms with Crippen LogP contribution in [-0.4, -0.2) is 40.4 Å². The molecule has 2 aromatic heterocycles. The Morgan fingerprint density at radius 3 is 2.70 bits per heavy atom. The van der Waals surface area contributed by atoms with Crippen LogP contribution in [0, 0.1) is 0 Å². The molecule has 0 radical (unpaired) electrons. The highest BCUT2D eigenvalue weighted by atomic mass is 32.1. The smallest absolute Gasteiger partial charge is 0.311 e. The van der Waals surface area contributed by atoms with Gasteiger partial charge in [-0.1, -0.05) is 30.3 Å². The molecule has 0 bridgehead atoms. The molecular formula is C24H22N4O4S. The Kier molecular flexibility index (Phi) is 6.80. The summed E-state index contributed by atoms with van der Waals surface area (Å²) >= 11 is 1.25. The van der Waals surface area contributed by atoms with Crippen molar-refractivity contribution in [2.75, 3.05) is 19.0 Å². The summed E-state index contributed by atoms with van der Waals surface area (Å²) < 4.78 is 11.9. The monoisotopic (exact) mass is 462 g/mol. The van der Waals surface area contributed by atoms with Crippen molar-refractivity contribution in [1.29, 1.82) is 0 Å². The molecule has 0 fully saturated rings. The summed E-state index contributed by atoms with van der Waals surface area (Å²) in [5.74, 6) is -0.0474. The second kappa shape index (κ2) is 10.1. The highest BCUT2D eigenvalue weighted by Gasteiger charge is 2.20. The van der Waals surface area contributed by atoms with Gasteiger partial charge in [0.1, 0.15) is 11.4 Å². The number of thiazole rings is 1. The van der Waals surface area contributed by atoms with Crippen LogP contribution in [0.3, 0.4) is 0 Å². The molecule has 9 heteroatoms. The summed E-state index contributed by atoms with van der Waals surface area (Å²) in [5.41, 5.74) is 3.01. The number of esters is 1. The van der Waals surface area contributed by atoms with Crippen LogP contribution < -0.4 is 10.1 Å². The Hall–Kier alpha value is -3.98. The van der Waals surface area contributed by atoms with E-state index in [9.17, 15) is 9.59 Å². The lowest BCUT2D eigenvalue weighted by molar-refractivity contribution is -0.142. The van der Waals surface area contributed by atoms with Crippen molar-refractivity contribution >= 4 is 28.3 Å². The average molecular weight is 463 g/mol. The van der Waals surface area contributed by atoms with Crippen LogP contribution in [0.4, 0.5) is 5.13 Å². The van der Waals surface area contributed by atoms with Gasteiger partial charge in [0.15, 0.2) is 5.13 Å². The van der Waals surface area contributed by atoms with E-state index in [1.807, 2.05) is 54.6 Å². The first-order valence-electron chi connectivity index (χ1n) is 10.3. The Labute approximate surface area is 194 Å². The van der Waals surface area contributed by atoms with E-state index in [-0.39, 0.29) is 18.3 Å². The molecule has 0 saturated carbocycles. The minimum atomic E-state index is -0.356. The molecule has 2 aromatic carbocycles. The van der Waals surface area contributed by atoms with E-state index >= 15 is 0 Å². The van der Waals surface area contributed by atoms with Crippen LogP contribution in [0.15, 0.2) is 66.2 Å². The van der Waals surface area contributed by atoms with Gasteiger partial charge in [0.2, 0.25) is 0 Å². The van der Waals surface area contributed by atoms with E-state index < -0.39 is 0 Å². The maximum atomic E-state index is 13.2. The van der Waals surface area contributed by atoms with Gasteiger partial charge < -0.3 is 9.47 Å². The van der Waals surface area contributed by atoms with Gasteiger partial charge in [0.25, 0.3) is 5.91 Å². The van der Waals surface area contributed by atoms with Crippen molar-refractivity contribution in [1.82, 2.24) is 14.8 Å². The van der Waals surface area contributed by atoms with Crippen LogP contribution in [0.2, 0.25) is 0 Å². The predicted octanol–water partition coefficient (Wildman–Crippen LogP) is 4.36. The van der Waals surface area contributed by atoms with Gasteiger partial charge in [-0.3, -0.25) is 14.9 Å². The van der Waals surface area contributed by atoms with E-state index in [1.165, 1.54) is 11.3 Å². The zero-order chi connectivity index (χ0) is 23.2. The molecule has 2 heterocycles. The number of benzene rings is 2. The van der Waals surface area contributed by atoms with Crippen LogP contribution >= 0.6 is 11.3 Å². The van der Waals surface area contributed by atoms with Crippen molar-refractivity contribution in [3.05, 3.63) is 77.4 Å². The minimum absolute atomic E-state index is 0.0568. The zero-order valence-corrected chi connectivity index (χ0v) is 19.0.